The van der Waals surface area contributed by atoms with E-state index in [4.69, 9.17) is 9.15 Å². The van der Waals surface area contributed by atoms with Crippen molar-refractivity contribution < 1.29 is 18.3 Å². The van der Waals surface area contributed by atoms with Crippen LogP contribution in [0, 0.1) is 9.58 Å². The predicted molar refractivity (Wildman–Crippen MR) is 78.4 cm³/mol. The first-order valence-electron chi connectivity index (χ1n) is 5.66. The molecule has 0 aliphatic carbocycles. The van der Waals surface area contributed by atoms with Crippen LogP contribution in [0.5, 0.6) is 0 Å². The van der Waals surface area contributed by atoms with Gasteiger partial charge in [0.1, 0.15) is 11.6 Å². The van der Waals surface area contributed by atoms with Crippen molar-refractivity contribution in [2.24, 2.45) is 4.99 Å². The summed E-state index contributed by atoms with van der Waals surface area (Å²) in [6.07, 6.45) is 1.46. The highest BCUT2D eigenvalue weighted by atomic mass is 127. The lowest BCUT2D eigenvalue weighted by molar-refractivity contribution is -0.129. The highest BCUT2D eigenvalue weighted by Gasteiger charge is 2.26. The molecule has 0 bridgehead atoms. The van der Waals surface area contributed by atoms with Gasteiger partial charge in [-0.3, -0.25) is 0 Å². The van der Waals surface area contributed by atoms with Crippen molar-refractivity contribution in [1.82, 2.24) is 0 Å². The Balaban J connectivity index is 1.97. The normalized spacial score (nSPS) is 16.4. The summed E-state index contributed by atoms with van der Waals surface area (Å²) in [6, 6.07) is 9.44. The Bertz CT molecular complexity index is 748. The molecule has 0 atom stereocenters. The summed E-state index contributed by atoms with van der Waals surface area (Å²) in [7, 11) is 0. The van der Waals surface area contributed by atoms with Crippen LogP contribution < -0.4 is 0 Å². The lowest BCUT2D eigenvalue weighted by Crippen LogP contribution is -2.07. The van der Waals surface area contributed by atoms with Crippen LogP contribution in [0.4, 0.5) is 4.39 Å². The minimum Gasteiger partial charge on any atom is -0.451 e. The molecule has 0 N–H and O–H groups in total. The van der Waals surface area contributed by atoms with E-state index in [-0.39, 0.29) is 17.2 Å². The van der Waals surface area contributed by atoms with E-state index < -0.39 is 11.8 Å². The Hall–Kier alpha value is -1.96. The van der Waals surface area contributed by atoms with Crippen molar-refractivity contribution in [3.8, 4) is 0 Å². The number of esters is 1. The number of carbonyl (C=O) groups excluding carboxylic acids is 1. The Morgan fingerprint density at radius 1 is 1.20 bits per heavy atom. The van der Waals surface area contributed by atoms with Crippen molar-refractivity contribution in [3.63, 3.8) is 0 Å². The first-order chi connectivity index (χ1) is 9.63. The smallest absolute Gasteiger partial charge is 0.363 e. The van der Waals surface area contributed by atoms with Crippen LogP contribution in [0.15, 0.2) is 51.5 Å². The second kappa shape index (κ2) is 5.20. The predicted octanol–water partition coefficient (Wildman–Crippen LogP) is 3.37. The number of cyclic esters (lactones) is 1. The van der Waals surface area contributed by atoms with E-state index in [9.17, 15) is 9.18 Å². The van der Waals surface area contributed by atoms with Crippen molar-refractivity contribution in [2.45, 2.75) is 0 Å². The molecule has 0 unspecified atom stereocenters. The van der Waals surface area contributed by atoms with Crippen molar-refractivity contribution in [2.75, 3.05) is 0 Å². The molecule has 0 spiro atoms. The third-order valence-electron chi connectivity index (χ3n) is 2.60. The number of hydrogen-bond donors (Lipinski definition) is 0. The molecule has 4 nitrogen and oxygen atoms in total. The van der Waals surface area contributed by atoms with Gasteiger partial charge >= 0.3 is 5.97 Å². The van der Waals surface area contributed by atoms with Crippen LogP contribution in [0.25, 0.3) is 6.08 Å². The second-order valence-electron chi connectivity index (χ2n) is 3.96. The number of rotatable bonds is 2. The highest BCUT2D eigenvalue weighted by Crippen LogP contribution is 2.21. The van der Waals surface area contributed by atoms with Crippen molar-refractivity contribution in [1.29, 1.82) is 0 Å². The maximum absolute atomic E-state index is 13.6. The Morgan fingerprint density at radius 2 is 2.00 bits per heavy atom. The molecule has 0 radical (unpaired) electrons. The molecule has 0 fully saturated rings. The number of benzene rings is 1. The number of halogens is 2. The second-order valence-corrected chi connectivity index (χ2v) is 5.02. The third kappa shape index (κ3) is 2.51. The van der Waals surface area contributed by atoms with E-state index in [1.165, 1.54) is 18.2 Å². The molecule has 0 saturated heterocycles. The maximum atomic E-state index is 13.6. The summed E-state index contributed by atoms with van der Waals surface area (Å²) in [5.41, 5.74) is 0.229. The minimum atomic E-state index is -0.630. The van der Waals surface area contributed by atoms with Gasteiger partial charge in [-0.15, -0.1) is 0 Å². The average molecular weight is 383 g/mol. The van der Waals surface area contributed by atoms with Crippen LogP contribution in [0.3, 0.4) is 0 Å². The molecule has 0 saturated carbocycles. The van der Waals surface area contributed by atoms with E-state index in [1.54, 1.807) is 24.3 Å². The van der Waals surface area contributed by atoms with Gasteiger partial charge in [0.05, 0.1) is 5.56 Å². The lowest BCUT2D eigenvalue weighted by Gasteiger charge is -1.99. The van der Waals surface area contributed by atoms with E-state index in [2.05, 4.69) is 4.99 Å². The fraction of sp³-hybridized carbons (Fsp3) is 0. The van der Waals surface area contributed by atoms with Gasteiger partial charge < -0.3 is 9.15 Å². The molecule has 100 valence electrons. The number of ether oxygens (including phenoxy) is 1. The molecular weight excluding hydrogens is 376 g/mol. The van der Waals surface area contributed by atoms with E-state index >= 15 is 0 Å². The van der Waals surface area contributed by atoms with Crippen LogP contribution in [-0.2, 0) is 9.53 Å². The van der Waals surface area contributed by atoms with Gasteiger partial charge in [0.15, 0.2) is 9.46 Å². The first kappa shape index (κ1) is 13.0. The number of hydrogen-bond acceptors (Lipinski definition) is 4. The lowest BCUT2D eigenvalue weighted by atomic mass is 10.2. The zero-order valence-electron chi connectivity index (χ0n) is 9.97. The largest absolute Gasteiger partial charge is 0.451 e. The molecule has 2 aromatic rings. The van der Waals surface area contributed by atoms with Crippen molar-refractivity contribution in [3.05, 3.63) is 63.0 Å². The van der Waals surface area contributed by atoms with Gasteiger partial charge in [-0.05, 0) is 46.9 Å². The fourth-order valence-electron chi connectivity index (χ4n) is 1.70. The van der Waals surface area contributed by atoms with E-state index in [0.717, 1.165) is 0 Å². The molecule has 6 heteroatoms. The Kier molecular flexibility index (Phi) is 3.39. The number of carbonyl (C=O) groups is 1. The quantitative estimate of drug-likeness (QED) is 0.454. The molecule has 1 aromatic carbocycles. The summed E-state index contributed by atoms with van der Waals surface area (Å²) < 4.78 is 24.6. The summed E-state index contributed by atoms with van der Waals surface area (Å²) >= 11 is 2.01. The van der Waals surface area contributed by atoms with Gasteiger partial charge in [0, 0.05) is 6.08 Å². The first-order valence-corrected chi connectivity index (χ1v) is 6.74. The zero-order chi connectivity index (χ0) is 14.1. The minimum absolute atomic E-state index is 0.0411. The average Bonchev–Trinajstić information content (AvgIpc) is 2.98. The molecule has 1 aliphatic rings. The van der Waals surface area contributed by atoms with E-state index in [1.807, 2.05) is 22.6 Å². The molecular formula is C14H7FINO3. The Morgan fingerprint density at radius 3 is 2.70 bits per heavy atom. The molecule has 20 heavy (non-hydrogen) atoms. The molecule has 3 rings (SSSR count). The van der Waals surface area contributed by atoms with Crippen LogP contribution in [0.2, 0.25) is 0 Å². The van der Waals surface area contributed by atoms with Gasteiger partial charge in [-0.25, -0.2) is 14.2 Å². The topological polar surface area (TPSA) is 51.8 Å². The molecule has 2 heterocycles. The summed E-state index contributed by atoms with van der Waals surface area (Å²) in [5, 5.41) is 0. The SMILES string of the molecule is O=C1OC(c2ccccc2F)=N/C1=C/c1ccc(I)o1. The van der Waals surface area contributed by atoms with E-state index in [0.29, 0.717) is 9.53 Å². The summed E-state index contributed by atoms with van der Waals surface area (Å²) in [5.74, 6) is -0.678. The standard InChI is InChI=1S/C14H7FINO3/c15-10-4-2-1-3-9(10)13-17-11(14(18)20-13)7-8-5-6-12(16)19-8/h1-7H/b11-7+. The monoisotopic (exact) mass is 383 g/mol. The number of furan rings is 1. The van der Waals surface area contributed by atoms with Gasteiger partial charge in [0.2, 0.25) is 5.90 Å². The number of nitrogens with zero attached hydrogens (tertiary/aromatic N) is 1. The molecule has 1 aliphatic heterocycles. The zero-order valence-corrected chi connectivity index (χ0v) is 12.1. The van der Waals surface area contributed by atoms with Crippen molar-refractivity contribution >= 4 is 40.5 Å². The van der Waals surface area contributed by atoms with Gasteiger partial charge in [-0.1, -0.05) is 12.1 Å². The fourth-order valence-corrected chi connectivity index (χ4v) is 2.13. The van der Waals surface area contributed by atoms with Gasteiger partial charge in [0.25, 0.3) is 0 Å². The summed E-state index contributed by atoms with van der Waals surface area (Å²) in [6.45, 7) is 0. The molecule has 0 amide bonds. The Labute approximate surface area is 127 Å². The van der Waals surface area contributed by atoms with Gasteiger partial charge in [-0.2, -0.15) is 0 Å². The number of aliphatic imine (C=N–C) groups is 1. The van der Waals surface area contributed by atoms with Crippen LogP contribution in [-0.4, -0.2) is 11.9 Å². The maximum Gasteiger partial charge on any atom is 0.363 e. The molecule has 1 aromatic heterocycles. The highest BCUT2D eigenvalue weighted by molar-refractivity contribution is 14.1. The van der Waals surface area contributed by atoms with Crippen LogP contribution in [0.1, 0.15) is 11.3 Å². The summed E-state index contributed by atoms with van der Waals surface area (Å²) in [4.78, 5) is 15.7. The van der Waals surface area contributed by atoms with Crippen LogP contribution >= 0.6 is 22.6 Å². The third-order valence-corrected chi connectivity index (χ3v) is 3.18.